The van der Waals surface area contributed by atoms with Crippen LogP contribution < -0.4 is 5.32 Å². The zero-order valence-corrected chi connectivity index (χ0v) is 14.4. The van der Waals surface area contributed by atoms with E-state index in [1.807, 2.05) is 12.1 Å². The van der Waals surface area contributed by atoms with Crippen LogP contribution >= 0.6 is 0 Å². The number of carbonyl (C=O) groups is 1. The van der Waals surface area contributed by atoms with E-state index in [0.717, 1.165) is 11.3 Å². The van der Waals surface area contributed by atoms with E-state index in [-0.39, 0.29) is 5.91 Å². The van der Waals surface area contributed by atoms with Crippen LogP contribution in [0.3, 0.4) is 0 Å². The monoisotopic (exact) mass is 335 g/mol. The number of tetrazole rings is 1. The summed E-state index contributed by atoms with van der Waals surface area (Å²) in [5.41, 5.74) is 3.47. The molecule has 1 aromatic heterocycles. The summed E-state index contributed by atoms with van der Waals surface area (Å²) < 4.78 is 0. The quantitative estimate of drug-likeness (QED) is 0.712. The molecule has 0 aliphatic rings. The van der Waals surface area contributed by atoms with Crippen molar-refractivity contribution < 1.29 is 4.79 Å². The Hall–Kier alpha value is -3.02. The van der Waals surface area contributed by atoms with Crippen molar-refractivity contribution in [2.24, 2.45) is 0 Å². The Bertz CT molecular complexity index is 810. The van der Waals surface area contributed by atoms with Gasteiger partial charge in [0.05, 0.1) is 0 Å². The molecule has 0 saturated carbocycles. The molecule has 1 atom stereocenters. The number of rotatable bonds is 6. The SMILES string of the molecule is CCCC(C)c1ccc(NC(=O)c2ccc(-c3nn[nH]n3)cc2)cc1. The molecule has 6 nitrogen and oxygen atoms in total. The van der Waals surface area contributed by atoms with Gasteiger partial charge < -0.3 is 5.32 Å². The number of aromatic amines is 1. The van der Waals surface area contributed by atoms with Crippen LogP contribution in [0, 0.1) is 0 Å². The van der Waals surface area contributed by atoms with Gasteiger partial charge in [-0.25, -0.2) is 0 Å². The average molecular weight is 335 g/mol. The summed E-state index contributed by atoms with van der Waals surface area (Å²) in [6.07, 6.45) is 2.33. The fraction of sp³-hybridized carbons (Fsp3) is 0.263. The number of anilines is 1. The lowest BCUT2D eigenvalue weighted by atomic mass is 9.96. The van der Waals surface area contributed by atoms with Gasteiger partial charge in [0.15, 0.2) is 0 Å². The number of H-pyrrole nitrogens is 1. The minimum absolute atomic E-state index is 0.144. The first-order valence-corrected chi connectivity index (χ1v) is 8.42. The number of amides is 1. The second-order valence-electron chi connectivity index (χ2n) is 6.08. The first kappa shape index (κ1) is 16.8. The van der Waals surface area contributed by atoms with Gasteiger partial charge in [0.2, 0.25) is 5.82 Å². The molecule has 2 N–H and O–H groups in total. The first-order chi connectivity index (χ1) is 12.2. The third-order valence-corrected chi connectivity index (χ3v) is 4.21. The van der Waals surface area contributed by atoms with Gasteiger partial charge in [0, 0.05) is 16.8 Å². The highest BCUT2D eigenvalue weighted by Gasteiger charge is 2.09. The molecule has 0 radical (unpaired) electrons. The van der Waals surface area contributed by atoms with Crippen LogP contribution in [0.2, 0.25) is 0 Å². The summed E-state index contributed by atoms with van der Waals surface area (Å²) in [5, 5.41) is 16.7. The van der Waals surface area contributed by atoms with Crippen LogP contribution in [0.25, 0.3) is 11.4 Å². The molecule has 2 aromatic carbocycles. The lowest BCUT2D eigenvalue weighted by molar-refractivity contribution is 0.102. The van der Waals surface area contributed by atoms with E-state index in [4.69, 9.17) is 0 Å². The summed E-state index contributed by atoms with van der Waals surface area (Å²) in [4.78, 5) is 12.4. The normalized spacial score (nSPS) is 11.9. The van der Waals surface area contributed by atoms with E-state index in [9.17, 15) is 4.79 Å². The van der Waals surface area contributed by atoms with Gasteiger partial charge >= 0.3 is 0 Å². The molecule has 6 heteroatoms. The molecule has 0 spiro atoms. The topological polar surface area (TPSA) is 83.6 Å². The van der Waals surface area contributed by atoms with E-state index in [2.05, 4.69) is 51.9 Å². The smallest absolute Gasteiger partial charge is 0.255 e. The average Bonchev–Trinajstić information content (AvgIpc) is 3.17. The highest BCUT2D eigenvalue weighted by Crippen LogP contribution is 2.22. The molecule has 0 bridgehead atoms. The van der Waals surface area contributed by atoms with Gasteiger partial charge in [-0.05, 0) is 47.4 Å². The van der Waals surface area contributed by atoms with Gasteiger partial charge in [0.25, 0.3) is 5.91 Å². The molecule has 0 fully saturated rings. The maximum Gasteiger partial charge on any atom is 0.255 e. The fourth-order valence-corrected chi connectivity index (χ4v) is 2.75. The molecule has 0 aliphatic carbocycles. The van der Waals surface area contributed by atoms with Crippen LogP contribution in [0.4, 0.5) is 5.69 Å². The molecule has 0 aliphatic heterocycles. The van der Waals surface area contributed by atoms with Crippen molar-refractivity contribution in [2.75, 3.05) is 5.32 Å². The summed E-state index contributed by atoms with van der Waals surface area (Å²) >= 11 is 0. The summed E-state index contributed by atoms with van der Waals surface area (Å²) in [7, 11) is 0. The van der Waals surface area contributed by atoms with Crippen LogP contribution in [0.1, 0.15) is 48.5 Å². The summed E-state index contributed by atoms with van der Waals surface area (Å²) in [6.45, 7) is 4.41. The third-order valence-electron chi connectivity index (χ3n) is 4.21. The van der Waals surface area contributed by atoms with Crippen molar-refractivity contribution in [2.45, 2.75) is 32.6 Å². The highest BCUT2D eigenvalue weighted by atomic mass is 16.1. The largest absolute Gasteiger partial charge is 0.322 e. The first-order valence-electron chi connectivity index (χ1n) is 8.42. The van der Waals surface area contributed by atoms with Crippen LogP contribution in [0.15, 0.2) is 48.5 Å². The molecule has 128 valence electrons. The molecule has 1 amide bonds. The standard InChI is InChI=1S/C19H21N5O/c1-3-4-13(2)14-9-11-17(12-10-14)20-19(25)16-7-5-15(6-8-16)18-21-23-24-22-18/h5-13H,3-4H2,1-2H3,(H,20,25)(H,21,22,23,24). The minimum Gasteiger partial charge on any atom is -0.322 e. The molecule has 25 heavy (non-hydrogen) atoms. The maximum atomic E-state index is 12.4. The molecule has 0 saturated heterocycles. The van der Waals surface area contributed by atoms with Gasteiger partial charge in [-0.3, -0.25) is 4.79 Å². The van der Waals surface area contributed by atoms with E-state index in [1.165, 1.54) is 18.4 Å². The molecule has 3 aromatic rings. The van der Waals surface area contributed by atoms with Crippen LogP contribution in [-0.4, -0.2) is 26.5 Å². The van der Waals surface area contributed by atoms with E-state index in [0.29, 0.717) is 17.3 Å². The molecule has 3 rings (SSSR count). The lowest BCUT2D eigenvalue weighted by Crippen LogP contribution is -2.11. The number of hydrogen-bond donors (Lipinski definition) is 2. The second-order valence-corrected chi connectivity index (χ2v) is 6.08. The number of benzene rings is 2. The number of aromatic nitrogens is 4. The Balaban J connectivity index is 1.65. The number of nitrogens with zero attached hydrogens (tertiary/aromatic N) is 3. The van der Waals surface area contributed by atoms with Gasteiger partial charge in [-0.15, -0.1) is 10.2 Å². The van der Waals surface area contributed by atoms with Crippen molar-refractivity contribution in [3.8, 4) is 11.4 Å². The van der Waals surface area contributed by atoms with E-state index >= 15 is 0 Å². The zero-order valence-electron chi connectivity index (χ0n) is 14.4. The molecular weight excluding hydrogens is 314 g/mol. The Morgan fingerprint density at radius 2 is 1.84 bits per heavy atom. The van der Waals surface area contributed by atoms with Gasteiger partial charge in [0.1, 0.15) is 0 Å². The Morgan fingerprint density at radius 3 is 2.44 bits per heavy atom. The highest BCUT2D eigenvalue weighted by molar-refractivity contribution is 6.04. The Kier molecular flexibility index (Phi) is 5.18. The van der Waals surface area contributed by atoms with Gasteiger partial charge in [-0.1, -0.05) is 44.5 Å². The third kappa shape index (κ3) is 4.09. The van der Waals surface area contributed by atoms with Gasteiger partial charge in [-0.2, -0.15) is 5.21 Å². The fourth-order valence-electron chi connectivity index (χ4n) is 2.75. The number of nitrogens with one attached hydrogen (secondary N) is 2. The van der Waals surface area contributed by atoms with Crippen molar-refractivity contribution in [1.82, 2.24) is 20.6 Å². The van der Waals surface area contributed by atoms with Crippen molar-refractivity contribution >= 4 is 11.6 Å². The number of carbonyl (C=O) groups excluding carboxylic acids is 1. The molecular formula is C19H21N5O. The van der Waals surface area contributed by atoms with Crippen molar-refractivity contribution in [1.29, 1.82) is 0 Å². The molecule has 1 heterocycles. The Labute approximate surface area is 146 Å². The minimum atomic E-state index is -0.144. The van der Waals surface area contributed by atoms with Crippen molar-refractivity contribution in [3.63, 3.8) is 0 Å². The van der Waals surface area contributed by atoms with Crippen LogP contribution in [-0.2, 0) is 0 Å². The van der Waals surface area contributed by atoms with E-state index < -0.39 is 0 Å². The summed E-state index contributed by atoms with van der Waals surface area (Å²) in [6, 6.07) is 15.2. The summed E-state index contributed by atoms with van der Waals surface area (Å²) in [5.74, 6) is 0.894. The number of hydrogen-bond acceptors (Lipinski definition) is 4. The lowest BCUT2D eigenvalue weighted by Gasteiger charge is -2.12. The Morgan fingerprint density at radius 1 is 1.12 bits per heavy atom. The predicted octanol–water partition coefficient (Wildman–Crippen LogP) is 4.02. The molecule has 1 unspecified atom stereocenters. The second kappa shape index (κ2) is 7.70. The predicted molar refractivity (Wildman–Crippen MR) is 97.3 cm³/mol. The zero-order chi connectivity index (χ0) is 17.6. The van der Waals surface area contributed by atoms with Crippen molar-refractivity contribution in [3.05, 3.63) is 59.7 Å². The van der Waals surface area contributed by atoms with Crippen LogP contribution in [0.5, 0.6) is 0 Å². The van der Waals surface area contributed by atoms with E-state index in [1.54, 1.807) is 24.3 Å². The maximum absolute atomic E-state index is 12.4.